The largest absolute Gasteiger partial charge is 0.463 e. The third-order valence-corrected chi connectivity index (χ3v) is 4.56. The van der Waals surface area contributed by atoms with Crippen LogP contribution >= 0.6 is 0 Å². The minimum Gasteiger partial charge on any atom is -0.463 e. The summed E-state index contributed by atoms with van der Waals surface area (Å²) in [6.45, 7) is 4.28. The van der Waals surface area contributed by atoms with Crippen molar-refractivity contribution < 1.29 is 19.1 Å². The third kappa shape index (κ3) is 13.0. The fourth-order valence-corrected chi connectivity index (χ4v) is 2.83. The van der Waals surface area contributed by atoms with Gasteiger partial charge in [0.1, 0.15) is 6.61 Å². The van der Waals surface area contributed by atoms with E-state index in [4.69, 9.17) is 9.47 Å². The van der Waals surface area contributed by atoms with Gasteiger partial charge in [-0.1, -0.05) is 31.8 Å². The van der Waals surface area contributed by atoms with E-state index in [-0.39, 0.29) is 11.9 Å². The number of hydrogen-bond donors (Lipinski definition) is 1. The average molecular weight is 419 g/mol. The van der Waals surface area contributed by atoms with Crippen molar-refractivity contribution in [3.8, 4) is 0 Å². The van der Waals surface area contributed by atoms with Gasteiger partial charge in [0.15, 0.2) is 0 Å². The Hall–Kier alpha value is -2.34. The maximum absolute atomic E-state index is 12.0. The first-order chi connectivity index (χ1) is 14.5. The number of carbonyl (C=O) groups is 2. The summed E-state index contributed by atoms with van der Waals surface area (Å²) in [4.78, 5) is 25.1. The molecule has 0 amide bonds. The Labute approximate surface area is 181 Å². The van der Waals surface area contributed by atoms with Crippen molar-refractivity contribution in [3.63, 3.8) is 0 Å². The zero-order valence-corrected chi connectivity index (χ0v) is 18.8. The maximum Gasteiger partial charge on any atom is 0.338 e. The Morgan fingerprint density at radius 3 is 2.30 bits per heavy atom. The van der Waals surface area contributed by atoms with Crippen molar-refractivity contribution in [2.75, 3.05) is 45.7 Å². The second-order valence-corrected chi connectivity index (χ2v) is 7.51. The van der Waals surface area contributed by atoms with Gasteiger partial charge in [0.2, 0.25) is 0 Å². The van der Waals surface area contributed by atoms with E-state index in [1.807, 2.05) is 44.1 Å². The molecule has 0 fully saturated rings. The SMILES string of the molecule is CCOC(=O)C=CCCCCCCCCNc1ccc(C(=O)OCCN(C)C)cc1. The molecule has 0 saturated heterocycles. The van der Waals surface area contributed by atoms with Gasteiger partial charge < -0.3 is 19.7 Å². The van der Waals surface area contributed by atoms with E-state index in [1.54, 1.807) is 12.1 Å². The van der Waals surface area contributed by atoms with Crippen molar-refractivity contribution in [2.45, 2.75) is 51.9 Å². The standard InChI is InChI=1S/C24H38N2O4/c1-4-29-23(27)13-11-9-7-5-6-8-10-12-18-25-22-16-14-21(15-17-22)24(28)30-20-19-26(2)3/h11,13-17,25H,4-10,12,18-20H2,1-3H3. The normalized spacial score (nSPS) is 11.1. The molecule has 0 atom stereocenters. The topological polar surface area (TPSA) is 67.9 Å². The molecule has 0 aliphatic heterocycles. The lowest BCUT2D eigenvalue weighted by molar-refractivity contribution is -0.137. The molecule has 1 aromatic rings. The van der Waals surface area contributed by atoms with Crippen LogP contribution < -0.4 is 5.32 Å². The average Bonchev–Trinajstić information content (AvgIpc) is 2.72. The van der Waals surface area contributed by atoms with E-state index >= 15 is 0 Å². The molecule has 30 heavy (non-hydrogen) atoms. The molecule has 0 radical (unpaired) electrons. The molecule has 0 bridgehead atoms. The van der Waals surface area contributed by atoms with Gasteiger partial charge in [0, 0.05) is 24.9 Å². The summed E-state index contributed by atoms with van der Waals surface area (Å²) in [6.07, 6.45) is 11.4. The monoisotopic (exact) mass is 418 g/mol. The van der Waals surface area contributed by atoms with Crippen LogP contribution in [0.4, 0.5) is 5.69 Å². The maximum atomic E-state index is 12.0. The molecule has 0 spiro atoms. The second-order valence-electron chi connectivity index (χ2n) is 7.51. The van der Waals surface area contributed by atoms with E-state index in [2.05, 4.69) is 5.32 Å². The van der Waals surface area contributed by atoms with Crippen LogP contribution in [0.1, 0.15) is 62.2 Å². The van der Waals surface area contributed by atoms with Gasteiger partial charge in [0.25, 0.3) is 0 Å². The number of anilines is 1. The van der Waals surface area contributed by atoms with Crippen LogP contribution in [0.25, 0.3) is 0 Å². The van der Waals surface area contributed by atoms with Crippen molar-refractivity contribution >= 4 is 17.6 Å². The fraction of sp³-hybridized carbons (Fsp3) is 0.583. The molecule has 1 aromatic carbocycles. The van der Waals surface area contributed by atoms with Gasteiger partial charge in [-0.25, -0.2) is 9.59 Å². The summed E-state index contributed by atoms with van der Waals surface area (Å²) in [5.41, 5.74) is 1.60. The molecule has 0 unspecified atom stereocenters. The number of unbranched alkanes of at least 4 members (excludes halogenated alkanes) is 6. The number of hydrogen-bond acceptors (Lipinski definition) is 6. The number of likely N-dealkylation sites (N-methyl/N-ethyl adjacent to an activating group) is 1. The number of nitrogens with zero attached hydrogens (tertiary/aromatic N) is 1. The van der Waals surface area contributed by atoms with Crippen LogP contribution in [-0.2, 0) is 14.3 Å². The Kier molecular flexibility index (Phi) is 14.1. The molecule has 168 valence electrons. The lowest BCUT2D eigenvalue weighted by atomic mass is 10.1. The van der Waals surface area contributed by atoms with Crippen molar-refractivity contribution in [3.05, 3.63) is 42.0 Å². The molecule has 6 nitrogen and oxygen atoms in total. The van der Waals surface area contributed by atoms with Crippen LogP contribution in [0.5, 0.6) is 0 Å². The molecule has 6 heteroatoms. The van der Waals surface area contributed by atoms with E-state index in [9.17, 15) is 9.59 Å². The van der Waals surface area contributed by atoms with Gasteiger partial charge in [-0.3, -0.25) is 0 Å². The van der Waals surface area contributed by atoms with E-state index in [1.165, 1.54) is 31.8 Å². The Balaban J connectivity index is 2.04. The molecular weight excluding hydrogens is 380 g/mol. The van der Waals surface area contributed by atoms with Crippen molar-refractivity contribution in [2.24, 2.45) is 0 Å². The van der Waals surface area contributed by atoms with Gasteiger partial charge >= 0.3 is 11.9 Å². The summed E-state index contributed by atoms with van der Waals surface area (Å²) < 4.78 is 10.1. The van der Waals surface area contributed by atoms with E-state index in [0.29, 0.717) is 18.8 Å². The van der Waals surface area contributed by atoms with Crippen LogP contribution in [0.3, 0.4) is 0 Å². The van der Waals surface area contributed by atoms with Gasteiger partial charge in [-0.05, 0) is 64.5 Å². The van der Waals surface area contributed by atoms with Crippen LogP contribution in [0.2, 0.25) is 0 Å². The van der Waals surface area contributed by atoms with E-state index in [0.717, 1.165) is 38.0 Å². The summed E-state index contributed by atoms with van der Waals surface area (Å²) in [7, 11) is 3.89. The number of carbonyl (C=O) groups excluding carboxylic acids is 2. The lowest BCUT2D eigenvalue weighted by Gasteiger charge is -2.10. The summed E-state index contributed by atoms with van der Waals surface area (Å²) in [5.74, 6) is -0.528. The first-order valence-electron chi connectivity index (χ1n) is 11.0. The highest BCUT2D eigenvalue weighted by Gasteiger charge is 2.06. The molecule has 1 rings (SSSR count). The van der Waals surface area contributed by atoms with Crippen LogP contribution in [0, 0.1) is 0 Å². The molecule has 0 aromatic heterocycles. The number of esters is 2. The highest BCUT2D eigenvalue weighted by molar-refractivity contribution is 5.89. The van der Waals surface area contributed by atoms with Crippen LogP contribution in [-0.4, -0.2) is 57.2 Å². The van der Waals surface area contributed by atoms with Gasteiger partial charge in [-0.2, -0.15) is 0 Å². The van der Waals surface area contributed by atoms with Crippen molar-refractivity contribution in [1.82, 2.24) is 4.90 Å². The number of ether oxygens (including phenoxy) is 2. The minimum absolute atomic E-state index is 0.250. The van der Waals surface area contributed by atoms with Crippen LogP contribution in [0.15, 0.2) is 36.4 Å². The highest BCUT2D eigenvalue weighted by atomic mass is 16.5. The first kappa shape index (κ1) is 25.7. The van der Waals surface area contributed by atoms with Gasteiger partial charge in [0.05, 0.1) is 12.2 Å². The number of rotatable bonds is 16. The smallest absolute Gasteiger partial charge is 0.338 e. The molecular formula is C24H38N2O4. The summed E-state index contributed by atoms with van der Waals surface area (Å²) >= 11 is 0. The predicted molar refractivity (Wildman–Crippen MR) is 122 cm³/mol. The summed E-state index contributed by atoms with van der Waals surface area (Å²) in [6, 6.07) is 7.45. The lowest BCUT2D eigenvalue weighted by Crippen LogP contribution is -2.20. The first-order valence-corrected chi connectivity index (χ1v) is 11.0. The molecule has 0 aliphatic carbocycles. The highest BCUT2D eigenvalue weighted by Crippen LogP contribution is 2.12. The zero-order valence-electron chi connectivity index (χ0n) is 18.8. The Morgan fingerprint density at radius 1 is 0.967 bits per heavy atom. The number of nitrogens with one attached hydrogen (secondary N) is 1. The van der Waals surface area contributed by atoms with E-state index < -0.39 is 0 Å². The zero-order chi connectivity index (χ0) is 22.0. The number of benzene rings is 1. The summed E-state index contributed by atoms with van der Waals surface area (Å²) in [5, 5.41) is 3.40. The van der Waals surface area contributed by atoms with Gasteiger partial charge in [-0.15, -0.1) is 0 Å². The molecule has 0 heterocycles. The molecule has 0 aliphatic rings. The molecule has 0 saturated carbocycles. The minimum atomic E-state index is -0.278. The Bertz CT molecular complexity index is 627. The van der Waals surface area contributed by atoms with Crippen molar-refractivity contribution in [1.29, 1.82) is 0 Å². The number of allylic oxidation sites excluding steroid dienone is 1. The fourth-order valence-electron chi connectivity index (χ4n) is 2.83. The third-order valence-electron chi connectivity index (χ3n) is 4.56. The second kappa shape index (κ2) is 16.5. The molecule has 1 N–H and O–H groups in total. The predicted octanol–water partition coefficient (Wildman–Crippen LogP) is 4.67. The Morgan fingerprint density at radius 2 is 1.63 bits per heavy atom. The quantitative estimate of drug-likeness (QED) is 0.239.